The molecule has 1 aromatic carbocycles. The van der Waals surface area contributed by atoms with E-state index < -0.39 is 0 Å². The standard InChI is InChI=1S/C22H28N4O.CH3FO/c1-4-20(22(3)9-10-22)25-21(24-15-26-12-13-27-14-16(26)2)18-6-5-7-19-17(18)8-11-23-19;1-3-2/h4-8,11,15-16,23H,9-10,12-14H2,1-3H3;1H3/b20-4-,24-15?,25-21?;/t16-;/m1./s1. The van der Waals surface area contributed by atoms with Gasteiger partial charge < -0.3 is 14.6 Å². The van der Waals surface area contributed by atoms with Gasteiger partial charge in [-0.2, -0.15) is 4.94 Å². The third-order valence-corrected chi connectivity index (χ3v) is 5.70. The van der Waals surface area contributed by atoms with E-state index in [1.165, 1.54) is 12.8 Å². The van der Waals surface area contributed by atoms with Gasteiger partial charge in [-0.05, 0) is 43.3 Å². The number of fused-ring (bicyclic) bond motifs is 1. The lowest BCUT2D eigenvalue weighted by Crippen LogP contribution is -2.42. The van der Waals surface area contributed by atoms with Crippen molar-refractivity contribution >= 4 is 23.1 Å². The predicted octanol–water partition coefficient (Wildman–Crippen LogP) is 4.88. The van der Waals surface area contributed by atoms with Crippen LogP contribution in [0, 0.1) is 5.41 Å². The van der Waals surface area contributed by atoms with Crippen molar-refractivity contribution in [2.75, 3.05) is 26.9 Å². The smallest absolute Gasteiger partial charge is 0.161 e. The number of H-pyrrole nitrogens is 1. The Morgan fingerprint density at radius 1 is 1.37 bits per heavy atom. The summed E-state index contributed by atoms with van der Waals surface area (Å²) in [5.41, 5.74) is 3.51. The summed E-state index contributed by atoms with van der Waals surface area (Å²) in [7, 11) is 0.958. The number of nitrogens with one attached hydrogen (secondary N) is 1. The number of aromatic amines is 1. The number of nitrogens with zero attached hydrogens (tertiary/aromatic N) is 3. The molecular weight excluding hydrogens is 383 g/mol. The summed E-state index contributed by atoms with van der Waals surface area (Å²) in [5, 5.41) is 1.15. The van der Waals surface area contributed by atoms with Crippen LogP contribution in [0.15, 0.2) is 52.2 Å². The van der Waals surface area contributed by atoms with Gasteiger partial charge in [0.05, 0.1) is 32.7 Å². The van der Waals surface area contributed by atoms with E-state index in [1.807, 2.05) is 12.5 Å². The van der Waals surface area contributed by atoms with E-state index in [9.17, 15) is 4.53 Å². The monoisotopic (exact) mass is 414 g/mol. The number of ether oxygens (including phenoxy) is 1. The van der Waals surface area contributed by atoms with Crippen LogP contribution in [0.1, 0.15) is 39.2 Å². The maximum Gasteiger partial charge on any atom is 0.161 e. The van der Waals surface area contributed by atoms with Crippen LogP contribution in [0.2, 0.25) is 0 Å². The molecule has 1 atom stereocenters. The third-order valence-electron chi connectivity index (χ3n) is 5.70. The first-order valence-electron chi connectivity index (χ1n) is 10.4. The van der Waals surface area contributed by atoms with Gasteiger partial charge in [-0.3, -0.25) is 0 Å². The Hall–Kier alpha value is -2.51. The van der Waals surface area contributed by atoms with Crippen molar-refractivity contribution in [1.82, 2.24) is 9.88 Å². The molecule has 2 aromatic rings. The second-order valence-corrected chi connectivity index (χ2v) is 7.98. The summed E-state index contributed by atoms with van der Waals surface area (Å²) in [6, 6.07) is 8.68. The number of aliphatic imine (C=N–C) groups is 2. The van der Waals surface area contributed by atoms with Crippen LogP contribution in [0.4, 0.5) is 4.53 Å². The fourth-order valence-electron chi connectivity index (χ4n) is 3.59. The molecule has 1 aliphatic heterocycles. The number of hydrogen-bond acceptors (Lipinski definition) is 3. The fraction of sp³-hybridized carbons (Fsp3) is 0.478. The zero-order valence-electron chi connectivity index (χ0n) is 18.2. The zero-order chi connectivity index (χ0) is 21.6. The van der Waals surface area contributed by atoms with Gasteiger partial charge in [-0.15, -0.1) is 0 Å². The minimum atomic E-state index is 0.202. The van der Waals surface area contributed by atoms with Gasteiger partial charge >= 0.3 is 0 Å². The lowest BCUT2D eigenvalue weighted by atomic mass is 10.0. The van der Waals surface area contributed by atoms with E-state index in [0.717, 1.165) is 54.9 Å². The topological polar surface area (TPSA) is 62.2 Å². The Bertz CT molecular complexity index is 930. The first kappa shape index (κ1) is 22.2. The lowest BCUT2D eigenvalue weighted by Gasteiger charge is -2.31. The third kappa shape index (κ3) is 5.15. The van der Waals surface area contributed by atoms with Crippen LogP contribution < -0.4 is 0 Å². The van der Waals surface area contributed by atoms with E-state index >= 15 is 0 Å². The molecule has 0 unspecified atom stereocenters. The van der Waals surface area contributed by atoms with Gasteiger partial charge in [0, 0.05) is 40.3 Å². The number of morpholine rings is 1. The highest BCUT2D eigenvalue weighted by atomic mass is 19.3. The molecule has 7 heteroatoms. The summed E-state index contributed by atoms with van der Waals surface area (Å²) >= 11 is 0. The van der Waals surface area contributed by atoms with E-state index in [2.05, 4.69) is 65.9 Å². The summed E-state index contributed by atoms with van der Waals surface area (Å²) < 4.78 is 15.3. The number of aromatic nitrogens is 1. The molecule has 2 aliphatic rings. The van der Waals surface area contributed by atoms with E-state index in [4.69, 9.17) is 14.7 Å². The fourth-order valence-corrected chi connectivity index (χ4v) is 3.59. The average Bonchev–Trinajstić information content (AvgIpc) is 3.30. The molecule has 30 heavy (non-hydrogen) atoms. The lowest BCUT2D eigenvalue weighted by molar-refractivity contribution is -0.0960. The van der Waals surface area contributed by atoms with Gasteiger partial charge in [-0.1, -0.05) is 25.1 Å². The van der Waals surface area contributed by atoms with Crippen LogP contribution in [0.5, 0.6) is 0 Å². The molecular formula is C23H31FN4O2. The maximum atomic E-state index is 9.79. The van der Waals surface area contributed by atoms with Gasteiger partial charge in [0.15, 0.2) is 5.84 Å². The second-order valence-electron chi connectivity index (χ2n) is 7.98. The van der Waals surface area contributed by atoms with Crippen molar-refractivity contribution in [3.8, 4) is 0 Å². The SMILES string of the molecule is C/C=C(\N=C(N=CN1CCOC[C@H]1C)c1cccc2[nH]ccc12)C1(C)CC1.COF. The normalized spacial score (nSPS) is 21.6. The van der Waals surface area contributed by atoms with Crippen molar-refractivity contribution in [2.45, 2.75) is 39.7 Å². The number of benzene rings is 1. The largest absolute Gasteiger partial charge is 0.377 e. The molecule has 1 aromatic heterocycles. The van der Waals surface area contributed by atoms with Crippen LogP contribution in [0.3, 0.4) is 0 Å². The van der Waals surface area contributed by atoms with E-state index in [0.29, 0.717) is 6.04 Å². The molecule has 6 nitrogen and oxygen atoms in total. The van der Waals surface area contributed by atoms with Crippen LogP contribution in [-0.4, -0.2) is 55.0 Å². The molecule has 1 saturated heterocycles. The number of allylic oxidation sites excluding steroid dienone is 2. The Labute approximate surface area is 177 Å². The molecule has 162 valence electrons. The second kappa shape index (κ2) is 10.00. The molecule has 0 radical (unpaired) electrons. The average molecular weight is 415 g/mol. The highest BCUT2D eigenvalue weighted by Gasteiger charge is 2.41. The van der Waals surface area contributed by atoms with E-state index in [1.54, 1.807) is 0 Å². The first-order chi connectivity index (χ1) is 14.5. The summed E-state index contributed by atoms with van der Waals surface area (Å²) in [5.74, 6) is 0.778. The molecule has 0 amide bonds. The van der Waals surface area contributed by atoms with Crippen molar-refractivity contribution in [3.05, 3.63) is 47.8 Å². The summed E-state index contributed by atoms with van der Waals surface area (Å²) in [6.45, 7) is 8.87. The number of hydrogen-bond donors (Lipinski definition) is 1. The first-order valence-corrected chi connectivity index (χ1v) is 10.4. The molecule has 2 heterocycles. The van der Waals surface area contributed by atoms with E-state index in [-0.39, 0.29) is 5.41 Å². The molecule has 4 rings (SSSR count). The molecule has 1 saturated carbocycles. The number of halogens is 1. The zero-order valence-corrected chi connectivity index (χ0v) is 18.2. The minimum Gasteiger partial charge on any atom is -0.377 e. The quantitative estimate of drug-likeness (QED) is 0.573. The Kier molecular flexibility index (Phi) is 7.39. The van der Waals surface area contributed by atoms with Crippen molar-refractivity contribution in [3.63, 3.8) is 0 Å². The van der Waals surface area contributed by atoms with Gasteiger partial charge in [0.2, 0.25) is 0 Å². The van der Waals surface area contributed by atoms with Crippen LogP contribution >= 0.6 is 0 Å². The van der Waals surface area contributed by atoms with Gasteiger partial charge in [0.25, 0.3) is 0 Å². The Balaban J connectivity index is 0.000000806. The Morgan fingerprint density at radius 3 is 2.80 bits per heavy atom. The summed E-state index contributed by atoms with van der Waals surface area (Å²) in [6.07, 6.45) is 8.44. The van der Waals surface area contributed by atoms with Crippen LogP contribution in [-0.2, 0) is 9.68 Å². The molecule has 1 N–H and O–H groups in total. The molecule has 0 bridgehead atoms. The Morgan fingerprint density at radius 2 is 2.13 bits per heavy atom. The summed E-state index contributed by atoms with van der Waals surface area (Å²) in [4.78, 5) is 18.2. The minimum absolute atomic E-state index is 0.202. The van der Waals surface area contributed by atoms with Crippen molar-refractivity contribution < 1.29 is 14.2 Å². The molecule has 0 spiro atoms. The number of amidine groups is 1. The highest BCUT2D eigenvalue weighted by molar-refractivity contribution is 6.12. The maximum absolute atomic E-state index is 9.79. The molecule has 2 fully saturated rings. The molecule has 1 aliphatic carbocycles. The van der Waals surface area contributed by atoms with Crippen molar-refractivity contribution in [1.29, 1.82) is 0 Å². The predicted molar refractivity (Wildman–Crippen MR) is 120 cm³/mol. The van der Waals surface area contributed by atoms with Crippen LogP contribution in [0.25, 0.3) is 10.9 Å². The number of rotatable bonds is 4. The van der Waals surface area contributed by atoms with Gasteiger partial charge in [-0.25, -0.2) is 9.98 Å². The van der Waals surface area contributed by atoms with Gasteiger partial charge in [0.1, 0.15) is 0 Å². The van der Waals surface area contributed by atoms with Crippen molar-refractivity contribution in [2.24, 2.45) is 15.4 Å². The highest BCUT2D eigenvalue weighted by Crippen LogP contribution is 2.51.